The molecule has 0 aromatic heterocycles. The van der Waals surface area contributed by atoms with Crippen LogP contribution in [0.1, 0.15) is 77.6 Å². The van der Waals surface area contributed by atoms with Gasteiger partial charge in [-0.3, -0.25) is 4.55 Å². The third kappa shape index (κ3) is 11.4. The molecule has 0 radical (unpaired) electrons. The maximum atomic E-state index is 11.1. The molecular weight excluding hydrogens is 264 g/mol. The van der Waals surface area contributed by atoms with E-state index in [0.717, 1.165) is 38.5 Å². The zero-order valence-corrected chi connectivity index (χ0v) is 13.0. The lowest BCUT2D eigenvalue weighted by atomic mass is 10.1. The highest BCUT2D eigenvalue weighted by Crippen LogP contribution is 2.17. The molecular formula is C14H30O4S. The van der Waals surface area contributed by atoms with Gasteiger partial charge in [0.15, 0.2) is 0 Å². The van der Waals surface area contributed by atoms with E-state index in [-0.39, 0.29) is 6.61 Å². The molecule has 2 N–H and O–H groups in total. The maximum Gasteiger partial charge on any atom is 0.267 e. The zero-order valence-electron chi connectivity index (χ0n) is 12.2. The number of hydrogen-bond donors (Lipinski definition) is 2. The van der Waals surface area contributed by atoms with Crippen molar-refractivity contribution < 1.29 is 18.1 Å². The summed E-state index contributed by atoms with van der Waals surface area (Å²) in [5.41, 5.74) is 0. The van der Waals surface area contributed by atoms with Crippen molar-refractivity contribution in [2.45, 2.75) is 82.8 Å². The van der Waals surface area contributed by atoms with Gasteiger partial charge >= 0.3 is 0 Å². The van der Waals surface area contributed by atoms with Crippen LogP contribution in [0.2, 0.25) is 0 Å². The van der Waals surface area contributed by atoms with Gasteiger partial charge in [-0.2, -0.15) is 8.42 Å². The average Bonchev–Trinajstić information content (AvgIpc) is 2.34. The Morgan fingerprint density at radius 1 is 0.842 bits per heavy atom. The predicted molar refractivity (Wildman–Crippen MR) is 78.9 cm³/mol. The molecule has 4 nitrogen and oxygen atoms in total. The summed E-state index contributed by atoms with van der Waals surface area (Å²) < 4.78 is 31.3. The Hall–Kier alpha value is -0.130. The molecule has 1 unspecified atom stereocenters. The van der Waals surface area contributed by atoms with Gasteiger partial charge in [-0.25, -0.2) is 0 Å². The first-order valence-electron chi connectivity index (χ1n) is 7.59. The molecule has 116 valence electrons. The number of rotatable bonds is 13. The topological polar surface area (TPSA) is 74.6 Å². The summed E-state index contributed by atoms with van der Waals surface area (Å²) in [6.45, 7) is 2.22. The molecule has 0 rings (SSSR count). The van der Waals surface area contributed by atoms with Crippen molar-refractivity contribution in [3.8, 4) is 0 Å². The summed E-state index contributed by atoms with van der Waals surface area (Å²) >= 11 is 0. The molecule has 1 atom stereocenters. The fourth-order valence-corrected chi connectivity index (χ4v) is 3.31. The number of aliphatic hydroxyl groups excluding tert-OH is 1. The first-order chi connectivity index (χ1) is 9.02. The van der Waals surface area contributed by atoms with Crippen molar-refractivity contribution in [2.75, 3.05) is 6.61 Å². The molecule has 0 saturated carbocycles. The first-order valence-corrected chi connectivity index (χ1v) is 9.09. The highest BCUT2D eigenvalue weighted by Gasteiger charge is 2.20. The summed E-state index contributed by atoms with van der Waals surface area (Å²) in [6.07, 6.45) is 10.5. The molecule has 0 aromatic rings. The highest BCUT2D eigenvalue weighted by atomic mass is 32.2. The predicted octanol–water partition coefficient (Wildman–Crippen LogP) is 3.55. The van der Waals surface area contributed by atoms with E-state index in [4.69, 9.17) is 9.66 Å². The fraction of sp³-hybridized carbons (Fsp3) is 1.00. The standard InChI is InChI=1S/C14H30O4S/c1-2-11-14(19(16,17)18)12-9-7-5-3-4-6-8-10-13-15/h14-15H,2-13H2,1H3,(H,16,17,18). The minimum atomic E-state index is -3.86. The molecule has 0 saturated heterocycles. The van der Waals surface area contributed by atoms with Crippen LogP contribution in [-0.2, 0) is 10.1 Å². The largest absolute Gasteiger partial charge is 0.396 e. The molecule has 0 fully saturated rings. The van der Waals surface area contributed by atoms with E-state index in [1.54, 1.807) is 0 Å². The van der Waals surface area contributed by atoms with Crippen molar-refractivity contribution in [3.05, 3.63) is 0 Å². The third-order valence-corrected chi connectivity index (χ3v) is 4.78. The first kappa shape index (κ1) is 18.9. The lowest BCUT2D eigenvalue weighted by molar-refractivity contribution is 0.282. The molecule has 0 heterocycles. The molecule has 5 heteroatoms. The zero-order chi connectivity index (χ0) is 14.6. The van der Waals surface area contributed by atoms with Gasteiger partial charge in [0, 0.05) is 6.61 Å². The van der Waals surface area contributed by atoms with Gasteiger partial charge in [0.1, 0.15) is 0 Å². The maximum absolute atomic E-state index is 11.1. The van der Waals surface area contributed by atoms with Crippen molar-refractivity contribution in [2.24, 2.45) is 0 Å². The Morgan fingerprint density at radius 3 is 1.74 bits per heavy atom. The molecule has 0 aromatic carbocycles. The van der Waals surface area contributed by atoms with Crippen molar-refractivity contribution >= 4 is 10.1 Å². The smallest absolute Gasteiger partial charge is 0.267 e. The van der Waals surface area contributed by atoms with E-state index in [2.05, 4.69) is 0 Å². The summed E-state index contributed by atoms with van der Waals surface area (Å²) in [4.78, 5) is 0. The summed E-state index contributed by atoms with van der Waals surface area (Å²) in [5, 5.41) is 8.06. The summed E-state index contributed by atoms with van der Waals surface area (Å²) in [6, 6.07) is 0. The van der Waals surface area contributed by atoms with Crippen LogP contribution in [0.3, 0.4) is 0 Å². The summed E-state index contributed by atoms with van der Waals surface area (Å²) in [7, 11) is -3.86. The number of unbranched alkanes of at least 4 members (excludes halogenated alkanes) is 7. The van der Waals surface area contributed by atoms with E-state index in [1.165, 1.54) is 19.3 Å². The Labute approximate surface area is 118 Å². The van der Waals surface area contributed by atoms with Crippen LogP contribution in [0.15, 0.2) is 0 Å². The third-order valence-electron chi connectivity index (χ3n) is 3.47. The number of hydrogen-bond acceptors (Lipinski definition) is 3. The molecule has 0 bridgehead atoms. The molecule has 0 spiro atoms. The van der Waals surface area contributed by atoms with E-state index in [9.17, 15) is 8.42 Å². The van der Waals surface area contributed by atoms with Crippen molar-refractivity contribution in [1.82, 2.24) is 0 Å². The van der Waals surface area contributed by atoms with Crippen LogP contribution < -0.4 is 0 Å². The Kier molecular flexibility index (Phi) is 11.6. The normalized spacial score (nSPS) is 13.6. The van der Waals surface area contributed by atoms with Gasteiger partial charge in [-0.15, -0.1) is 0 Å². The monoisotopic (exact) mass is 294 g/mol. The van der Waals surface area contributed by atoms with Crippen molar-refractivity contribution in [1.29, 1.82) is 0 Å². The van der Waals surface area contributed by atoms with Crippen molar-refractivity contribution in [3.63, 3.8) is 0 Å². The van der Waals surface area contributed by atoms with E-state index >= 15 is 0 Å². The molecule has 0 aliphatic rings. The Morgan fingerprint density at radius 2 is 1.32 bits per heavy atom. The van der Waals surface area contributed by atoms with Gasteiger partial charge in [0.2, 0.25) is 0 Å². The van der Waals surface area contributed by atoms with Crippen LogP contribution in [0, 0.1) is 0 Å². The van der Waals surface area contributed by atoms with Crippen LogP contribution in [0.5, 0.6) is 0 Å². The second-order valence-corrected chi connectivity index (χ2v) is 6.96. The molecule has 0 aliphatic carbocycles. The van der Waals surface area contributed by atoms with Gasteiger partial charge < -0.3 is 5.11 Å². The lowest BCUT2D eigenvalue weighted by Gasteiger charge is -2.12. The molecule has 0 aliphatic heterocycles. The summed E-state index contributed by atoms with van der Waals surface area (Å²) in [5.74, 6) is 0. The number of aliphatic hydroxyl groups is 1. The van der Waals surface area contributed by atoms with Gasteiger partial charge in [-0.1, -0.05) is 58.3 Å². The second kappa shape index (κ2) is 11.7. The minimum Gasteiger partial charge on any atom is -0.396 e. The van der Waals surface area contributed by atoms with E-state index in [1.807, 2.05) is 6.92 Å². The average molecular weight is 294 g/mol. The van der Waals surface area contributed by atoms with Crippen LogP contribution >= 0.6 is 0 Å². The van der Waals surface area contributed by atoms with E-state index in [0.29, 0.717) is 12.8 Å². The van der Waals surface area contributed by atoms with Crippen LogP contribution in [0.4, 0.5) is 0 Å². The van der Waals surface area contributed by atoms with E-state index < -0.39 is 15.4 Å². The Bertz CT molecular complexity index is 288. The van der Waals surface area contributed by atoms with Gasteiger partial charge in [-0.05, 0) is 19.3 Å². The Balaban J connectivity index is 3.51. The molecule has 0 amide bonds. The second-order valence-electron chi connectivity index (χ2n) is 5.27. The quantitative estimate of drug-likeness (QED) is 0.402. The minimum absolute atomic E-state index is 0.286. The van der Waals surface area contributed by atoms with Gasteiger partial charge in [0.05, 0.1) is 5.25 Å². The molecule has 19 heavy (non-hydrogen) atoms. The highest BCUT2D eigenvalue weighted by molar-refractivity contribution is 7.86. The van der Waals surface area contributed by atoms with Crippen LogP contribution in [0.25, 0.3) is 0 Å². The lowest BCUT2D eigenvalue weighted by Crippen LogP contribution is -2.20. The fourth-order valence-electron chi connectivity index (χ4n) is 2.31. The van der Waals surface area contributed by atoms with Crippen LogP contribution in [-0.4, -0.2) is 29.9 Å². The SMILES string of the molecule is CCCC(CCCCCCCCCCO)S(=O)(=O)O. The van der Waals surface area contributed by atoms with Gasteiger partial charge in [0.25, 0.3) is 10.1 Å².